The molecule has 0 radical (unpaired) electrons. The largest absolute Gasteiger partial charge is 0.768 e. The molecule has 1 aromatic carbocycles. The van der Waals surface area contributed by atoms with Gasteiger partial charge in [-0.2, -0.15) is 0 Å². The first kappa shape index (κ1) is 14.4. The standard InChI is InChI=1S/C11H11NO4S3/c13-18(14)10-3-5-11(6-4-10)19(15,16)12-8-9-2-1-7-17-9/h1-7,12H,8H2,(H,13,14)/p-1. The first-order valence-corrected chi connectivity index (χ1v) is 8.64. The molecule has 102 valence electrons. The molecule has 2 rings (SSSR count). The molecule has 0 saturated carbocycles. The molecule has 0 aliphatic heterocycles. The van der Waals surface area contributed by atoms with Crippen molar-refractivity contribution in [3.05, 3.63) is 46.7 Å². The number of benzene rings is 1. The highest BCUT2D eigenvalue weighted by Gasteiger charge is 2.13. The maximum absolute atomic E-state index is 11.9. The minimum absolute atomic E-state index is 0.0401. The van der Waals surface area contributed by atoms with Gasteiger partial charge < -0.3 is 4.55 Å². The molecule has 0 spiro atoms. The Balaban J connectivity index is 2.13. The number of nitrogens with one attached hydrogen (secondary N) is 1. The lowest BCUT2D eigenvalue weighted by Gasteiger charge is -2.08. The maximum Gasteiger partial charge on any atom is 0.240 e. The van der Waals surface area contributed by atoms with Crippen molar-refractivity contribution in [1.82, 2.24) is 4.72 Å². The number of hydrogen-bond acceptors (Lipinski definition) is 5. The van der Waals surface area contributed by atoms with Crippen LogP contribution in [0.3, 0.4) is 0 Å². The monoisotopic (exact) mass is 316 g/mol. The van der Waals surface area contributed by atoms with E-state index >= 15 is 0 Å². The van der Waals surface area contributed by atoms with Crippen LogP contribution in [0.2, 0.25) is 0 Å². The van der Waals surface area contributed by atoms with Crippen LogP contribution in [0.5, 0.6) is 0 Å². The molecule has 0 amide bonds. The fraction of sp³-hybridized carbons (Fsp3) is 0.0909. The summed E-state index contributed by atoms with van der Waals surface area (Å²) in [6, 6.07) is 8.71. The lowest BCUT2D eigenvalue weighted by Crippen LogP contribution is -2.22. The molecule has 0 aliphatic carbocycles. The lowest BCUT2D eigenvalue weighted by molar-refractivity contribution is 0.536. The second-order valence-corrected chi connectivity index (χ2v) is 7.35. The zero-order valence-electron chi connectivity index (χ0n) is 9.61. The third kappa shape index (κ3) is 3.71. The molecule has 0 fully saturated rings. The average molecular weight is 316 g/mol. The van der Waals surface area contributed by atoms with Gasteiger partial charge in [-0.1, -0.05) is 6.07 Å². The van der Waals surface area contributed by atoms with Crippen molar-refractivity contribution in [3.8, 4) is 0 Å². The van der Waals surface area contributed by atoms with Gasteiger partial charge in [0.2, 0.25) is 10.0 Å². The second kappa shape index (κ2) is 5.93. The molecule has 1 heterocycles. The topological polar surface area (TPSA) is 86.3 Å². The Hall–Kier alpha value is -1.06. The van der Waals surface area contributed by atoms with Crippen molar-refractivity contribution >= 4 is 32.4 Å². The van der Waals surface area contributed by atoms with E-state index in [1.807, 2.05) is 17.5 Å². The Morgan fingerprint density at radius 3 is 2.42 bits per heavy atom. The zero-order chi connectivity index (χ0) is 13.9. The van der Waals surface area contributed by atoms with Gasteiger partial charge in [0.05, 0.1) is 4.90 Å². The van der Waals surface area contributed by atoms with Crippen LogP contribution in [0.15, 0.2) is 51.6 Å². The molecular weight excluding hydrogens is 306 g/mol. The van der Waals surface area contributed by atoms with E-state index in [0.29, 0.717) is 0 Å². The minimum Gasteiger partial charge on any atom is -0.768 e. The first-order chi connectivity index (χ1) is 8.99. The Labute approximate surface area is 117 Å². The fourth-order valence-electron chi connectivity index (χ4n) is 1.39. The molecule has 8 heteroatoms. The minimum atomic E-state index is -3.62. The van der Waals surface area contributed by atoms with Crippen LogP contribution in [0, 0.1) is 0 Å². The summed E-state index contributed by atoms with van der Waals surface area (Å²) in [5.74, 6) is 0. The number of sulfonamides is 1. The predicted molar refractivity (Wildman–Crippen MR) is 72.0 cm³/mol. The van der Waals surface area contributed by atoms with E-state index in [0.717, 1.165) is 4.88 Å². The van der Waals surface area contributed by atoms with Crippen molar-refractivity contribution in [1.29, 1.82) is 0 Å². The smallest absolute Gasteiger partial charge is 0.240 e. The fourth-order valence-corrected chi connectivity index (χ4v) is 3.49. The van der Waals surface area contributed by atoms with Crippen LogP contribution in [-0.4, -0.2) is 17.2 Å². The van der Waals surface area contributed by atoms with Crippen molar-refractivity contribution in [2.24, 2.45) is 0 Å². The molecule has 0 bridgehead atoms. The van der Waals surface area contributed by atoms with Crippen LogP contribution in [-0.2, 0) is 27.6 Å². The SMILES string of the molecule is O=S([O-])c1ccc(S(=O)(=O)NCc2cccs2)cc1. The van der Waals surface area contributed by atoms with Gasteiger partial charge in [-0.3, -0.25) is 4.21 Å². The molecule has 0 saturated heterocycles. The average Bonchev–Trinajstić information content (AvgIpc) is 2.90. The van der Waals surface area contributed by atoms with E-state index < -0.39 is 21.1 Å². The van der Waals surface area contributed by atoms with Crippen molar-refractivity contribution in [2.45, 2.75) is 16.3 Å². The van der Waals surface area contributed by atoms with Gasteiger partial charge >= 0.3 is 0 Å². The summed E-state index contributed by atoms with van der Waals surface area (Å²) in [4.78, 5) is 0.997. The molecule has 1 atom stereocenters. The highest BCUT2D eigenvalue weighted by atomic mass is 32.2. The van der Waals surface area contributed by atoms with E-state index in [1.54, 1.807) is 0 Å². The van der Waals surface area contributed by atoms with E-state index in [2.05, 4.69) is 4.72 Å². The predicted octanol–water partition coefficient (Wildman–Crippen LogP) is 1.46. The Bertz CT molecular complexity index is 662. The highest BCUT2D eigenvalue weighted by Crippen LogP contribution is 2.14. The molecular formula is C11H10NO4S3-. The van der Waals surface area contributed by atoms with Gasteiger partial charge in [0.25, 0.3) is 0 Å². The van der Waals surface area contributed by atoms with Crippen LogP contribution in [0.4, 0.5) is 0 Å². The summed E-state index contributed by atoms with van der Waals surface area (Å²) in [6.07, 6.45) is 0. The quantitative estimate of drug-likeness (QED) is 0.846. The van der Waals surface area contributed by atoms with Gasteiger partial charge in [-0.25, -0.2) is 13.1 Å². The van der Waals surface area contributed by atoms with Crippen molar-refractivity contribution in [2.75, 3.05) is 0 Å². The number of rotatable bonds is 5. The third-order valence-electron chi connectivity index (χ3n) is 2.34. The summed E-state index contributed by atoms with van der Waals surface area (Å²) in [5.41, 5.74) is 0. The normalized spacial score (nSPS) is 13.3. The molecule has 0 aliphatic rings. The molecule has 1 unspecified atom stereocenters. The molecule has 1 N–H and O–H groups in total. The van der Waals surface area contributed by atoms with Crippen LogP contribution >= 0.6 is 11.3 Å². The summed E-state index contributed by atoms with van der Waals surface area (Å²) in [6.45, 7) is 0.217. The summed E-state index contributed by atoms with van der Waals surface area (Å²) in [5, 5.41) is 1.86. The van der Waals surface area contributed by atoms with Crippen molar-refractivity contribution < 1.29 is 17.2 Å². The Kier molecular flexibility index (Phi) is 4.48. The van der Waals surface area contributed by atoms with Gasteiger partial charge in [0.15, 0.2) is 0 Å². The second-order valence-electron chi connectivity index (χ2n) is 3.61. The van der Waals surface area contributed by atoms with Gasteiger partial charge in [0, 0.05) is 16.3 Å². The molecule has 2 aromatic rings. The summed E-state index contributed by atoms with van der Waals surface area (Å²) < 4.78 is 47.7. The zero-order valence-corrected chi connectivity index (χ0v) is 12.1. The van der Waals surface area contributed by atoms with Gasteiger partial charge in [-0.15, -0.1) is 11.3 Å². The maximum atomic E-state index is 11.9. The van der Waals surface area contributed by atoms with Crippen LogP contribution < -0.4 is 4.72 Å². The lowest BCUT2D eigenvalue weighted by atomic mass is 10.4. The van der Waals surface area contributed by atoms with Gasteiger partial charge in [-0.05, 0) is 46.8 Å². The van der Waals surface area contributed by atoms with Crippen LogP contribution in [0.25, 0.3) is 0 Å². The van der Waals surface area contributed by atoms with E-state index in [4.69, 9.17) is 0 Å². The molecule has 5 nitrogen and oxygen atoms in total. The van der Waals surface area contributed by atoms with E-state index in [-0.39, 0.29) is 16.3 Å². The Morgan fingerprint density at radius 1 is 1.21 bits per heavy atom. The molecule has 19 heavy (non-hydrogen) atoms. The Morgan fingerprint density at radius 2 is 1.89 bits per heavy atom. The summed E-state index contributed by atoms with van der Waals surface area (Å²) >= 11 is -0.899. The first-order valence-electron chi connectivity index (χ1n) is 5.20. The highest BCUT2D eigenvalue weighted by molar-refractivity contribution is 7.89. The third-order valence-corrected chi connectivity index (χ3v) is 5.29. The van der Waals surface area contributed by atoms with E-state index in [1.165, 1.54) is 35.6 Å². The number of hydrogen-bond donors (Lipinski definition) is 1. The summed E-state index contributed by atoms with van der Waals surface area (Å²) in [7, 11) is -3.62. The van der Waals surface area contributed by atoms with E-state index in [9.17, 15) is 17.2 Å². The molecule has 1 aromatic heterocycles. The van der Waals surface area contributed by atoms with Crippen molar-refractivity contribution in [3.63, 3.8) is 0 Å². The van der Waals surface area contributed by atoms with Crippen LogP contribution in [0.1, 0.15) is 4.88 Å². The number of thiophene rings is 1. The van der Waals surface area contributed by atoms with Gasteiger partial charge in [0.1, 0.15) is 0 Å².